The van der Waals surface area contributed by atoms with Gasteiger partial charge in [0.1, 0.15) is 0 Å². The summed E-state index contributed by atoms with van der Waals surface area (Å²) in [6.07, 6.45) is 2.41. The van der Waals surface area contributed by atoms with E-state index in [1.807, 2.05) is 19.2 Å². The van der Waals surface area contributed by atoms with Crippen molar-refractivity contribution in [3.05, 3.63) is 59.1 Å². The van der Waals surface area contributed by atoms with E-state index in [0.717, 1.165) is 23.8 Å². The zero-order chi connectivity index (χ0) is 14.7. The molecule has 0 atom stereocenters. The number of nitrogens with one attached hydrogen (secondary N) is 1. The topological polar surface area (TPSA) is 15.3 Å². The summed E-state index contributed by atoms with van der Waals surface area (Å²) < 4.78 is 0. The van der Waals surface area contributed by atoms with Crippen LogP contribution in [0.1, 0.15) is 24.3 Å². The predicted molar refractivity (Wildman–Crippen MR) is 91.6 cm³/mol. The first-order chi connectivity index (χ1) is 10.3. The number of anilines is 2. The molecule has 0 bridgehead atoms. The SMILES string of the molecule is CNc1ccc(N2CCC(c3ccc(Cl)cc3)CC2)cc1. The van der Waals surface area contributed by atoms with Crippen molar-refractivity contribution < 1.29 is 0 Å². The molecule has 2 aromatic carbocycles. The summed E-state index contributed by atoms with van der Waals surface area (Å²) in [5, 5.41) is 3.98. The first kappa shape index (κ1) is 14.3. The number of rotatable bonds is 3. The van der Waals surface area contributed by atoms with Gasteiger partial charge in [-0.2, -0.15) is 0 Å². The van der Waals surface area contributed by atoms with Crippen molar-refractivity contribution in [2.75, 3.05) is 30.4 Å². The average Bonchev–Trinajstić information content (AvgIpc) is 2.56. The van der Waals surface area contributed by atoms with Crippen molar-refractivity contribution >= 4 is 23.0 Å². The van der Waals surface area contributed by atoms with Gasteiger partial charge in [0, 0.05) is 36.5 Å². The smallest absolute Gasteiger partial charge is 0.0406 e. The Morgan fingerprint density at radius 3 is 2.14 bits per heavy atom. The van der Waals surface area contributed by atoms with Crippen LogP contribution in [0.25, 0.3) is 0 Å². The van der Waals surface area contributed by atoms with Gasteiger partial charge in [-0.15, -0.1) is 0 Å². The van der Waals surface area contributed by atoms with Crippen molar-refractivity contribution in [3.8, 4) is 0 Å². The van der Waals surface area contributed by atoms with E-state index in [4.69, 9.17) is 11.6 Å². The molecule has 1 aliphatic heterocycles. The summed E-state index contributed by atoms with van der Waals surface area (Å²) in [7, 11) is 1.95. The molecule has 0 aromatic heterocycles. The quantitative estimate of drug-likeness (QED) is 0.878. The molecule has 2 aromatic rings. The van der Waals surface area contributed by atoms with E-state index < -0.39 is 0 Å². The van der Waals surface area contributed by atoms with E-state index >= 15 is 0 Å². The highest BCUT2D eigenvalue weighted by atomic mass is 35.5. The van der Waals surface area contributed by atoms with E-state index in [1.54, 1.807) is 0 Å². The van der Waals surface area contributed by atoms with Crippen molar-refractivity contribution in [1.29, 1.82) is 0 Å². The molecule has 1 saturated heterocycles. The molecular formula is C18H21ClN2. The number of benzene rings is 2. The Hall–Kier alpha value is -1.67. The molecule has 3 heteroatoms. The summed E-state index contributed by atoms with van der Waals surface area (Å²) in [5.74, 6) is 0.662. The van der Waals surface area contributed by atoms with Crippen molar-refractivity contribution in [1.82, 2.24) is 0 Å². The molecule has 0 radical (unpaired) electrons. The number of halogens is 1. The van der Waals surface area contributed by atoms with Gasteiger partial charge in [-0.25, -0.2) is 0 Å². The van der Waals surface area contributed by atoms with Crippen molar-refractivity contribution in [3.63, 3.8) is 0 Å². The van der Waals surface area contributed by atoms with Crippen molar-refractivity contribution in [2.24, 2.45) is 0 Å². The number of hydrogen-bond acceptors (Lipinski definition) is 2. The van der Waals surface area contributed by atoms with E-state index in [0.29, 0.717) is 5.92 Å². The maximum atomic E-state index is 5.97. The van der Waals surface area contributed by atoms with Crippen LogP contribution >= 0.6 is 11.6 Å². The van der Waals surface area contributed by atoms with Gasteiger partial charge < -0.3 is 10.2 Å². The maximum Gasteiger partial charge on any atom is 0.0406 e. The van der Waals surface area contributed by atoms with Crippen LogP contribution in [0.4, 0.5) is 11.4 Å². The first-order valence-corrected chi connectivity index (χ1v) is 7.92. The van der Waals surface area contributed by atoms with E-state index in [-0.39, 0.29) is 0 Å². The minimum absolute atomic E-state index is 0.662. The molecule has 3 rings (SSSR count). The minimum atomic E-state index is 0.662. The van der Waals surface area contributed by atoms with E-state index in [9.17, 15) is 0 Å². The van der Waals surface area contributed by atoms with Crippen molar-refractivity contribution in [2.45, 2.75) is 18.8 Å². The van der Waals surface area contributed by atoms with E-state index in [1.165, 1.54) is 24.1 Å². The van der Waals surface area contributed by atoms with Gasteiger partial charge in [-0.05, 0) is 60.7 Å². The van der Waals surface area contributed by atoms with Crippen LogP contribution in [0.2, 0.25) is 5.02 Å². The molecule has 21 heavy (non-hydrogen) atoms. The van der Waals surface area contributed by atoms with Crippen LogP contribution in [-0.2, 0) is 0 Å². The summed E-state index contributed by atoms with van der Waals surface area (Å²) in [4.78, 5) is 2.48. The fourth-order valence-corrected chi connectivity index (χ4v) is 3.17. The Bertz CT molecular complexity index is 569. The second-order valence-corrected chi connectivity index (χ2v) is 6.05. The first-order valence-electron chi connectivity index (χ1n) is 7.54. The lowest BCUT2D eigenvalue weighted by molar-refractivity contribution is 0.505. The second kappa shape index (κ2) is 6.40. The van der Waals surface area contributed by atoms with Gasteiger partial charge in [0.15, 0.2) is 0 Å². The maximum absolute atomic E-state index is 5.97. The van der Waals surface area contributed by atoms with Crippen LogP contribution in [0.15, 0.2) is 48.5 Å². The highest BCUT2D eigenvalue weighted by Gasteiger charge is 2.20. The Morgan fingerprint density at radius 1 is 0.952 bits per heavy atom. The van der Waals surface area contributed by atoms with Crippen LogP contribution in [0.3, 0.4) is 0 Å². The molecule has 110 valence electrons. The monoisotopic (exact) mass is 300 g/mol. The second-order valence-electron chi connectivity index (χ2n) is 5.61. The Balaban J connectivity index is 1.62. The average molecular weight is 301 g/mol. The lowest BCUT2D eigenvalue weighted by Crippen LogP contribution is -2.32. The third kappa shape index (κ3) is 3.33. The third-order valence-electron chi connectivity index (χ3n) is 4.36. The molecule has 1 N–H and O–H groups in total. The highest BCUT2D eigenvalue weighted by Crippen LogP contribution is 2.31. The van der Waals surface area contributed by atoms with Crippen LogP contribution in [-0.4, -0.2) is 20.1 Å². The zero-order valence-corrected chi connectivity index (χ0v) is 13.1. The summed E-state index contributed by atoms with van der Waals surface area (Å²) in [6.45, 7) is 2.23. The number of nitrogens with zero attached hydrogens (tertiary/aromatic N) is 1. The normalized spacial score (nSPS) is 16.0. The highest BCUT2D eigenvalue weighted by molar-refractivity contribution is 6.30. The Kier molecular flexibility index (Phi) is 4.35. The Labute approximate surface area is 131 Å². The fourth-order valence-electron chi connectivity index (χ4n) is 3.04. The lowest BCUT2D eigenvalue weighted by atomic mass is 9.89. The van der Waals surface area contributed by atoms with E-state index in [2.05, 4.69) is 46.6 Å². The molecule has 0 spiro atoms. The summed E-state index contributed by atoms with van der Waals surface area (Å²) >= 11 is 5.97. The lowest BCUT2D eigenvalue weighted by Gasteiger charge is -2.34. The van der Waals surface area contributed by atoms with Gasteiger partial charge in [0.2, 0.25) is 0 Å². The van der Waals surface area contributed by atoms with Gasteiger partial charge in [-0.3, -0.25) is 0 Å². The molecule has 0 amide bonds. The standard InChI is InChI=1S/C18H21ClN2/c1-20-17-6-8-18(9-7-17)21-12-10-15(11-13-21)14-2-4-16(19)5-3-14/h2-9,15,20H,10-13H2,1H3. The minimum Gasteiger partial charge on any atom is -0.388 e. The van der Waals surface area contributed by atoms with Crippen LogP contribution < -0.4 is 10.2 Å². The molecule has 1 fully saturated rings. The van der Waals surface area contributed by atoms with Gasteiger partial charge in [0.05, 0.1) is 0 Å². The number of hydrogen-bond donors (Lipinski definition) is 1. The van der Waals surface area contributed by atoms with Crippen LogP contribution in [0, 0.1) is 0 Å². The molecule has 0 aliphatic carbocycles. The number of piperidine rings is 1. The summed E-state index contributed by atoms with van der Waals surface area (Å²) in [6, 6.07) is 17.0. The molecule has 0 saturated carbocycles. The van der Waals surface area contributed by atoms with Gasteiger partial charge >= 0.3 is 0 Å². The third-order valence-corrected chi connectivity index (χ3v) is 4.61. The zero-order valence-electron chi connectivity index (χ0n) is 12.3. The molecule has 2 nitrogen and oxygen atoms in total. The predicted octanol–water partition coefficient (Wildman–Crippen LogP) is 4.77. The molecule has 0 unspecified atom stereocenters. The molecular weight excluding hydrogens is 280 g/mol. The molecule has 1 aliphatic rings. The summed E-state index contributed by atoms with van der Waals surface area (Å²) in [5.41, 5.74) is 3.91. The van der Waals surface area contributed by atoms with Gasteiger partial charge in [0.25, 0.3) is 0 Å². The largest absolute Gasteiger partial charge is 0.388 e. The van der Waals surface area contributed by atoms with Gasteiger partial charge in [-0.1, -0.05) is 23.7 Å². The Morgan fingerprint density at radius 2 is 1.57 bits per heavy atom. The fraction of sp³-hybridized carbons (Fsp3) is 0.333. The van der Waals surface area contributed by atoms with Crippen LogP contribution in [0.5, 0.6) is 0 Å². The molecule has 1 heterocycles.